The van der Waals surface area contributed by atoms with E-state index in [0.29, 0.717) is 6.42 Å². The molecular weight excluding hydrogens is 226 g/mol. The van der Waals surface area contributed by atoms with E-state index in [9.17, 15) is 4.79 Å². The number of nitrogens with zero attached hydrogens (tertiary/aromatic N) is 2. The van der Waals surface area contributed by atoms with Crippen LogP contribution >= 0.6 is 11.8 Å². The standard InChI is InChI=1S/C10H15N3O2S/c1-11-8(9(14)15-2)4-7-16-10-12-5-3-6-13-10/h3,5-6,8,11H,4,7H2,1-2H3. The molecule has 0 spiro atoms. The molecule has 1 N–H and O–H groups in total. The molecule has 0 aromatic carbocycles. The van der Waals surface area contributed by atoms with Crippen LogP contribution in [-0.2, 0) is 9.53 Å². The lowest BCUT2D eigenvalue weighted by molar-refractivity contribution is -0.143. The number of carbonyl (C=O) groups is 1. The average molecular weight is 241 g/mol. The molecule has 0 radical (unpaired) electrons. The van der Waals surface area contributed by atoms with E-state index in [0.717, 1.165) is 10.9 Å². The molecule has 0 amide bonds. The highest BCUT2D eigenvalue weighted by Gasteiger charge is 2.16. The molecule has 1 rings (SSSR count). The minimum atomic E-state index is -0.263. The Morgan fingerprint density at radius 2 is 2.25 bits per heavy atom. The van der Waals surface area contributed by atoms with Gasteiger partial charge >= 0.3 is 5.97 Å². The lowest BCUT2D eigenvalue weighted by atomic mass is 10.2. The number of rotatable bonds is 6. The first-order valence-electron chi connectivity index (χ1n) is 4.93. The van der Waals surface area contributed by atoms with Crippen molar-refractivity contribution in [3.05, 3.63) is 18.5 Å². The Morgan fingerprint density at radius 1 is 1.56 bits per heavy atom. The van der Waals surface area contributed by atoms with Crippen LogP contribution in [0.1, 0.15) is 6.42 Å². The van der Waals surface area contributed by atoms with Crippen LogP contribution in [0.25, 0.3) is 0 Å². The molecule has 1 aromatic rings. The number of carbonyl (C=O) groups excluding carboxylic acids is 1. The third-order valence-corrected chi connectivity index (χ3v) is 2.92. The second-order valence-electron chi connectivity index (χ2n) is 3.03. The fourth-order valence-corrected chi connectivity index (χ4v) is 1.96. The molecule has 0 saturated carbocycles. The molecule has 1 heterocycles. The highest BCUT2D eigenvalue weighted by molar-refractivity contribution is 7.99. The number of ether oxygens (including phenoxy) is 1. The van der Waals surface area contributed by atoms with Gasteiger partial charge in [0.1, 0.15) is 6.04 Å². The Hall–Kier alpha value is -1.14. The molecule has 0 aliphatic carbocycles. The van der Waals surface area contributed by atoms with Gasteiger partial charge in [-0.3, -0.25) is 4.79 Å². The average Bonchev–Trinajstić information content (AvgIpc) is 2.35. The number of thioether (sulfide) groups is 1. The number of methoxy groups -OCH3 is 1. The van der Waals surface area contributed by atoms with Crippen LogP contribution in [0.15, 0.2) is 23.6 Å². The summed E-state index contributed by atoms with van der Waals surface area (Å²) in [7, 11) is 3.13. The fourth-order valence-electron chi connectivity index (χ4n) is 1.15. The number of esters is 1. The Kier molecular flexibility index (Phi) is 5.81. The van der Waals surface area contributed by atoms with Crippen LogP contribution in [0.3, 0.4) is 0 Å². The Bertz CT molecular complexity index is 321. The lowest BCUT2D eigenvalue weighted by Crippen LogP contribution is -2.35. The monoisotopic (exact) mass is 241 g/mol. The summed E-state index contributed by atoms with van der Waals surface area (Å²) >= 11 is 1.52. The van der Waals surface area contributed by atoms with Crippen molar-refractivity contribution in [3.8, 4) is 0 Å². The maximum atomic E-state index is 11.3. The molecule has 16 heavy (non-hydrogen) atoms. The summed E-state index contributed by atoms with van der Waals surface area (Å²) in [6.07, 6.45) is 4.09. The third kappa shape index (κ3) is 4.16. The van der Waals surface area contributed by atoms with Gasteiger partial charge in [-0.05, 0) is 19.5 Å². The first-order valence-corrected chi connectivity index (χ1v) is 5.91. The highest BCUT2D eigenvalue weighted by atomic mass is 32.2. The van der Waals surface area contributed by atoms with E-state index >= 15 is 0 Å². The lowest BCUT2D eigenvalue weighted by Gasteiger charge is -2.12. The molecule has 0 aliphatic heterocycles. The maximum absolute atomic E-state index is 11.3. The van der Waals surface area contributed by atoms with Crippen LogP contribution < -0.4 is 5.32 Å². The minimum absolute atomic E-state index is 0.239. The first-order chi connectivity index (χ1) is 7.77. The zero-order chi connectivity index (χ0) is 11.8. The SMILES string of the molecule is CNC(CCSc1ncccn1)C(=O)OC. The topological polar surface area (TPSA) is 64.1 Å². The van der Waals surface area contributed by atoms with Crippen LogP contribution in [-0.4, -0.2) is 41.9 Å². The predicted molar refractivity (Wildman–Crippen MR) is 62.2 cm³/mol. The van der Waals surface area contributed by atoms with Crippen molar-refractivity contribution in [1.82, 2.24) is 15.3 Å². The zero-order valence-electron chi connectivity index (χ0n) is 9.34. The van der Waals surface area contributed by atoms with E-state index in [-0.39, 0.29) is 12.0 Å². The zero-order valence-corrected chi connectivity index (χ0v) is 10.2. The van der Waals surface area contributed by atoms with Gasteiger partial charge in [0.15, 0.2) is 5.16 Å². The second-order valence-corrected chi connectivity index (χ2v) is 4.09. The number of hydrogen-bond acceptors (Lipinski definition) is 6. The van der Waals surface area contributed by atoms with Crippen LogP contribution in [0, 0.1) is 0 Å². The summed E-state index contributed by atoms with van der Waals surface area (Å²) < 4.78 is 4.66. The molecule has 0 aliphatic rings. The molecule has 88 valence electrons. The van der Waals surface area contributed by atoms with Gasteiger partial charge in [0.25, 0.3) is 0 Å². The summed E-state index contributed by atoms with van der Waals surface area (Å²) in [5, 5.41) is 3.63. The first kappa shape index (κ1) is 12.9. The van der Waals surface area contributed by atoms with Crippen molar-refractivity contribution < 1.29 is 9.53 Å². The van der Waals surface area contributed by atoms with Gasteiger partial charge in [0.2, 0.25) is 0 Å². The van der Waals surface area contributed by atoms with Crippen LogP contribution in [0.5, 0.6) is 0 Å². The molecule has 6 heteroatoms. The van der Waals surface area contributed by atoms with Crippen LogP contribution in [0.2, 0.25) is 0 Å². The summed E-state index contributed by atoms with van der Waals surface area (Å²) in [6.45, 7) is 0. The van der Waals surface area contributed by atoms with E-state index in [4.69, 9.17) is 0 Å². The third-order valence-electron chi connectivity index (χ3n) is 2.01. The maximum Gasteiger partial charge on any atom is 0.322 e. The molecule has 5 nitrogen and oxygen atoms in total. The van der Waals surface area contributed by atoms with Gasteiger partial charge in [-0.25, -0.2) is 9.97 Å². The van der Waals surface area contributed by atoms with Crippen molar-refractivity contribution in [2.24, 2.45) is 0 Å². The minimum Gasteiger partial charge on any atom is -0.468 e. The van der Waals surface area contributed by atoms with Crippen molar-refractivity contribution in [3.63, 3.8) is 0 Å². The van der Waals surface area contributed by atoms with Gasteiger partial charge in [-0.15, -0.1) is 0 Å². The summed E-state index contributed by atoms with van der Waals surface area (Å²) in [4.78, 5) is 19.4. The van der Waals surface area contributed by atoms with E-state index in [1.165, 1.54) is 18.9 Å². The van der Waals surface area contributed by atoms with Gasteiger partial charge in [-0.2, -0.15) is 0 Å². The van der Waals surface area contributed by atoms with Gasteiger partial charge in [-0.1, -0.05) is 11.8 Å². The van der Waals surface area contributed by atoms with E-state index in [1.54, 1.807) is 25.5 Å². The van der Waals surface area contributed by atoms with Crippen molar-refractivity contribution in [2.45, 2.75) is 17.6 Å². The Balaban J connectivity index is 2.31. The molecule has 1 aromatic heterocycles. The number of hydrogen-bond donors (Lipinski definition) is 1. The smallest absolute Gasteiger partial charge is 0.322 e. The summed E-state index contributed by atoms with van der Waals surface area (Å²) in [5.74, 6) is 0.530. The van der Waals surface area contributed by atoms with Gasteiger partial charge in [0.05, 0.1) is 7.11 Å². The van der Waals surface area contributed by atoms with Crippen molar-refractivity contribution in [1.29, 1.82) is 0 Å². The summed E-state index contributed by atoms with van der Waals surface area (Å²) in [6, 6.07) is 1.51. The Labute approximate surface area is 99.0 Å². The number of nitrogens with one attached hydrogen (secondary N) is 1. The van der Waals surface area contributed by atoms with Crippen molar-refractivity contribution in [2.75, 3.05) is 19.9 Å². The number of likely N-dealkylation sites (N-methyl/N-ethyl adjacent to an activating group) is 1. The highest BCUT2D eigenvalue weighted by Crippen LogP contribution is 2.13. The van der Waals surface area contributed by atoms with Crippen LogP contribution in [0.4, 0.5) is 0 Å². The molecule has 1 atom stereocenters. The molecule has 0 bridgehead atoms. The summed E-state index contributed by atoms with van der Waals surface area (Å²) in [5.41, 5.74) is 0. The van der Waals surface area contributed by atoms with Crippen molar-refractivity contribution >= 4 is 17.7 Å². The van der Waals surface area contributed by atoms with Gasteiger partial charge < -0.3 is 10.1 Å². The second kappa shape index (κ2) is 7.19. The van der Waals surface area contributed by atoms with E-state index in [1.807, 2.05) is 0 Å². The molecular formula is C10H15N3O2S. The fraction of sp³-hybridized carbons (Fsp3) is 0.500. The largest absolute Gasteiger partial charge is 0.468 e. The quantitative estimate of drug-likeness (QED) is 0.450. The van der Waals surface area contributed by atoms with E-state index in [2.05, 4.69) is 20.0 Å². The van der Waals surface area contributed by atoms with E-state index < -0.39 is 0 Å². The predicted octanol–water partition coefficient (Wildman–Crippen LogP) is 0.720. The number of aromatic nitrogens is 2. The molecule has 1 unspecified atom stereocenters. The van der Waals surface area contributed by atoms with Gasteiger partial charge in [0, 0.05) is 18.1 Å². The molecule has 0 saturated heterocycles. The Morgan fingerprint density at radius 3 is 2.81 bits per heavy atom. The molecule has 0 fully saturated rings. The normalized spacial score (nSPS) is 12.1.